The minimum atomic E-state index is -0.161. The number of halogens is 1. The number of hydrogen-bond acceptors (Lipinski definition) is 3. The third-order valence-corrected chi connectivity index (χ3v) is 3.57. The number of carbonyl (C=O) groups is 1. The van der Waals surface area contributed by atoms with E-state index in [0.29, 0.717) is 17.5 Å². The van der Waals surface area contributed by atoms with Crippen molar-refractivity contribution in [3.63, 3.8) is 0 Å². The monoisotopic (exact) mass is 267 g/mol. The first-order valence-corrected chi connectivity index (χ1v) is 6.69. The lowest BCUT2D eigenvalue weighted by Crippen LogP contribution is -2.46. The first kappa shape index (κ1) is 13.4. The number of nitrogens with one attached hydrogen (secondary N) is 1. The van der Waals surface area contributed by atoms with E-state index in [1.54, 1.807) is 12.1 Å². The Bertz CT molecular complexity index is 405. The van der Waals surface area contributed by atoms with Gasteiger partial charge in [-0.1, -0.05) is 30.7 Å². The molecule has 0 saturated carbocycles. The molecule has 1 heterocycles. The molecule has 0 radical (unpaired) electrons. The van der Waals surface area contributed by atoms with Crippen LogP contribution in [-0.2, 0) is 16.1 Å². The maximum absolute atomic E-state index is 11.9. The predicted molar refractivity (Wildman–Crippen MR) is 71.4 cm³/mol. The Kier molecular flexibility index (Phi) is 4.61. The average molecular weight is 268 g/mol. The molecule has 1 aliphatic rings. The van der Waals surface area contributed by atoms with E-state index in [1.165, 1.54) is 0 Å². The van der Waals surface area contributed by atoms with Crippen molar-refractivity contribution >= 4 is 17.6 Å². The van der Waals surface area contributed by atoms with Crippen LogP contribution in [0.15, 0.2) is 24.3 Å². The second-order valence-corrected chi connectivity index (χ2v) is 5.22. The molecule has 2 rings (SSSR count). The molecule has 1 aromatic rings. The van der Waals surface area contributed by atoms with Gasteiger partial charge in [-0.15, -0.1) is 0 Å². The van der Waals surface area contributed by atoms with Gasteiger partial charge in [0.1, 0.15) is 12.6 Å². The summed E-state index contributed by atoms with van der Waals surface area (Å²) in [4.78, 5) is 11.9. The molecule has 4 heteroatoms. The summed E-state index contributed by atoms with van der Waals surface area (Å²) in [5.41, 5.74) is 0.955. The lowest BCUT2D eigenvalue weighted by Gasteiger charge is -2.28. The number of carbonyl (C=O) groups excluding carboxylic acids is 1. The van der Waals surface area contributed by atoms with Gasteiger partial charge >= 0.3 is 5.97 Å². The Morgan fingerprint density at radius 3 is 2.83 bits per heavy atom. The van der Waals surface area contributed by atoms with Gasteiger partial charge in [-0.3, -0.25) is 4.79 Å². The van der Waals surface area contributed by atoms with E-state index < -0.39 is 0 Å². The molecule has 18 heavy (non-hydrogen) atoms. The SMILES string of the molecule is CC1CCCNC1C(=O)OCc1ccc(Cl)cc1. The molecule has 0 aromatic heterocycles. The molecule has 2 atom stereocenters. The van der Waals surface area contributed by atoms with Gasteiger partial charge in [0.15, 0.2) is 0 Å². The highest BCUT2D eigenvalue weighted by molar-refractivity contribution is 6.30. The maximum atomic E-state index is 11.9. The Morgan fingerprint density at radius 1 is 1.44 bits per heavy atom. The zero-order chi connectivity index (χ0) is 13.0. The Morgan fingerprint density at radius 2 is 2.17 bits per heavy atom. The minimum absolute atomic E-state index is 0.155. The second kappa shape index (κ2) is 6.21. The van der Waals surface area contributed by atoms with Crippen LogP contribution in [0.1, 0.15) is 25.3 Å². The normalized spacial score (nSPS) is 23.7. The first-order chi connectivity index (χ1) is 8.66. The summed E-state index contributed by atoms with van der Waals surface area (Å²) in [6, 6.07) is 7.17. The summed E-state index contributed by atoms with van der Waals surface area (Å²) in [6.07, 6.45) is 2.20. The van der Waals surface area contributed by atoms with Crippen LogP contribution in [0.5, 0.6) is 0 Å². The fourth-order valence-corrected chi connectivity index (χ4v) is 2.32. The molecule has 0 amide bonds. The van der Waals surface area contributed by atoms with Gasteiger partial charge in [-0.2, -0.15) is 0 Å². The van der Waals surface area contributed by atoms with Crippen LogP contribution < -0.4 is 5.32 Å². The molecule has 3 nitrogen and oxygen atoms in total. The molecule has 1 aliphatic heterocycles. The van der Waals surface area contributed by atoms with Crippen molar-refractivity contribution in [1.29, 1.82) is 0 Å². The first-order valence-electron chi connectivity index (χ1n) is 6.31. The van der Waals surface area contributed by atoms with Gasteiger partial charge < -0.3 is 10.1 Å². The van der Waals surface area contributed by atoms with E-state index in [0.717, 1.165) is 24.9 Å². The van der Waals surface area contributed by atoms with Gasteiger partial charge in [0.2, 0.25) is 0 Å². The number of esters is 1. The van der Waals surface area contributed by atoms with Crippen molar-refractivity contribution in [2.45, 2.75) is 32.4 Å². The maximum Gasteiger partial charge on any atom is 0.323 e. The summed E-state index contributed by atoms with van der Waals surface area (Å²) in [5, 5.41) is 3.91. The van der Waals surface area contributed by atoms with Gasteiger partial charge in [-0.05, 0) is 43.0 Å². The van der Waals surface area contributed by atoms with Crippen molar-refractivity contribution in [1.82, 2.24) is 5.32 Å². The van der Waals surface area contributed by atoms with Crippen LogP contribution in [-0.4, -0.2) is 18.6 Å². The largest absolute Gasteiger partial charge is 0.460 e. The summed E-state index contributed by atoms with van der Waals surface area (Å²) in [7, 11) is 0. The minimum Gasteiger partial charge on any atom is -0.460 e. The standard InChI is InChI=1S/C14H18ClNO2/c1-10-3-2-8-16-13(10)14(17)18-9-11-4-6-12(15)7-5-11/h4-7,10,13,16H,2-3,8-9H2,1H3. The molecule has 98 valence electrons. The van der Waals surface area contributed by atoms with Crippen LogP contribution in [0.3, 0.4) is 0 Å². The Hall–Kier alpha value is -1.06. The van der Waals surface area contributed by atoms with E-state index in [1.807, 2.05) is 12.1 Å². The zero-order valence-corrected chi connectivity index (χ0v) is 11.2. The molecule has 1 N–H and O–H groups in total. The second-order valence-electron chi connectivity index (χ2n) is 4.79. The van der Waals surface area contributed by atoms with Crippen molar-refractivity contribution in [3.05, 3.63) is 34.9 Å². The Balaban J connectivity index is 1.85. The molecule has 0 bridgehead atoms. The predicted octanol–water partition coefficient (Wildman–Crippen LogP) is 2.77. The Labute approximate surface area is 112 Å². The molecule has 0 spiro atoms. The van der Waals surface area contributed by atoms with Crippen LogP contribution in [0.4, 0.5) is 0 Å². The van der Waals surface area contributed by atoms with E-state index in [-0.39, 0.29) is 12.0 Å². The van der Waals surface area contributed by atoms with Crippen LogP contribution in [0.25, 0.3) is 0 Å². The average Bonchev–Trinajstić information content (AvgIpc) is 2.38. The number of piperidine rings is 1. The summed E-state index contributed by atoms with van der Waals surface area (Å²) in [6.45, 7) is 3.28. The van der Waals surface area contributed by atoms with E-state index >= 15 is 0 Å². The molecule has 1 fully saturated rings. The summed E-state index contributed by atoms with van der Waals surface area (Å²) < 4.78 is 5.33. The number of rotatable bonds is 3. The van der Waals surface area contributed by atoms with E-state index in [4.69, 9.17) is 16.3 Å². The van der Waals surface area contributed by atoms with Gasteiger partial charge in [0.25, 0.3) is 0 Å². The lowest BCUT2D eigenvalue weighted by atomic mass is 9.93. The number of hydrogen-bond donors (Lipinski definition) is 1. The lowest BCUT2D eigenvalue weighted by molar-refractivity contribution is -0.149. The van der Waals surface area contributed by atoms with Crippen LogP contribution in [0.2, 0.25) is 5.02 Å². The van der Waals surface area contributed by atoms with Crippen LogP contribution in [0, 0.1) is 5.92 Å². The number of benzene rings is 1. The molecular formula is C14H18ClNO2. The summed E-state index contributed by atoms with van der Waals surface area (Å²) in [5.74, 6) is 0.189. The highest BCUT2D eigenvalue weighted by Gasteiger charge is 2.28. The van der Waals surface area contributed by atoms with E-state index in [2.05, 4.69) is 12.2 Å². The zero-order valence-electron chi connectivity index (χ0n) is 10.5. The topological polar surface area (TPSA) is 38.3 Å². The quantitative estimate of drug-likeness (QED) is 0.856. The molecule has 1 aromatic carbocycles. The third-order valence-electron chi connectivity index (χ3n) is 3.32. The van der Waals surface area contributed by atoms with Crippen molar-refractivity contribution in [3.8, 4) is 0 Å². The van der Waals surface area contributed by atoms with Crippen LogP contribution >= 0.6 is 11.6 Å². The van der Waals surface area contributed by atoms with Gasteiger partial charge in [0.05, 0.1) is 0 Å². The third kappa shape index (κ3) is 3.47. The van der Waals surface area contributed by atoms with Crippen molar-refractivity contribution in [2.75, 3.05) is 6.54 Å². The molecule has 1 saturated heterocycles. The highest BCUT2D eigenvalue weighted by atomic mass is 35.5. The molecule has 0 aliphatic carbocycles. The fourth-order valence-electron chi connectivity index (χ4n) is 2.19. The summed E-state index contributed by atoms with van der Waals surface area (Å²) >= 11 is 5.80. The van der Waals surface area contributed by atoms with Gasteiger partial charge in [-0.25, -0.2) is 0 Å². The van der Waals surface area contributed by atoms with Crippen molar-refractivity contribution in [2.24, 2.45) is 5.92 Å². The van der Waals surface area contributed by atoms with E-state index in [9.17, 15) is 4.79 Å². The molecular weight excluding hydrogens is 250 g/mol. The van der Waals surface area contributed by atoms with Gasteiger partial charge in [0, 0.05) is 5.02 Å². The highest BCUT2D eigenvalue weighted by Crippen LogP contribution is 2.17. The number of ether oxygens (including phenoxy) is 1. The smallest absolute Gasteiger partial charge is 0.323 e. The molecule has 2 unspecified atom stereocenters. The fraction of sp³-hybridized carbons (Fsp3) is 0.500. The van der Waals surface area contributed by atoms with Crippen molar-refractivity contribution < 1.29 is 9.53 Å².